The predicted molar refractivity (Wildman–Crippen MR) is 117 cm³/mol. The molecule has 4 N–H and O–H groups in total. The fourth-order valence-electron chi connectivity index (χ4n) is 2.60. The van der Waals surface area contributed by atoms with Crippen LogP contribution in [0.5, 0.6) is 0 Å². The van der Waals surface area contributed by atoms with Crippen LogP contribution in [0.3, 0.4) is 0 Å². The van der Waals surface area contributed by atoms with Gasteiger partial charge in [0.2, 0.25) is 16.0 Å². The monoisotopic (exact) mass is 436 g/mol. The maximum atomic E-state index is 12.5. The number of nitrogens with zero attached hydrogens (tertiary/aromatic N) is 1. The van der Waals surface area contributed by atoms with Crippen molar-refractivity contribution in [1.29, 1.82) is 0 Å². The topological polar surface area (TPSA) is 131 Å². The second-order valence-electron chi connectivity index (χ2n) is 6.49. The van der Waals surface area contributed by atoms with Crippen molar-refractivity contribution in [2.75, 3.05) is 0 Å². The van der Waals surface area contributed by atoms with Gasteiger partial charge in [-0.25, -0.2) is 18.5 Å². The summed E-state index contributed by atoms with van der Waals surface area (Å²) in [5.41, 5.74) is 1.47. The largest absolute Gasteiger partial charge is 0.292 e. The number of hydrogen-bond donors (Lipinski definition) is 3. The van der Waals surface area contributed by atoms with Crippen molar-refractivity contribution in [3.05, 3.63) is 102 Å². The SMILES string of the molecule is NS(=O)(=O)c1ccc(CN=C(NC(=O)c2ccccc2)NC(=O)c2ccccc2)cc1. The third-order valence-electron chi connectivity index (χ3n) is 4.21. The number of amides is 2. The van der Waals surface area contributed by atoms with Crippen molar-refractivity contribution >= 4 is 27.8 Å². The highest BCUT2D eigenvalue weighted by Gasteiger charge is 2.13. The number of carbonyl (C=O) groups is 2. The van der Waals surface area contributed by atoms with Crippen LogP contribution in [0.15, 0.2) is 94.8 Å². The van der Waals surface area contributed by atoms with E-state index in [0.29, 0.717) is 16.7 Å². The molecule has 0 aromatic heterocycles. The van der Waals surface area contributed by atoms with Gasteiger partial charge in [-0.2, -0.15) is 0 Å². The van der Waals surface area contributed by atoms with Gasteiger partial charge in [0.05, 0.1) is 11.4 Å². The molecule has 158 valence electrons. The van der Waals surface area contributed by atoms with Crippen LogP contribution in [0.4, 0.5) is 0 Å². The molecule has 3 aromatic carbocycles. The smallest absolute Gasteiger partial charge is 0.257 e. The fourth-order valence-corrected chi connectivity index (χ4v) is 3.12. The lowest BCUT2D eigenvalue weighted by Gasteiger charge is -2.11. The molecule has 31 heavy (non-hydrogen) atoms. The average Bonchev–Trinajstić information content (AvgIpc) is 2.78. The molecule has 3 aromatic rings. The van der Waals surface area contributed by atoms with E-state index in [-0.39, 0.29) is 17.4 Å². The van der Waals surface area contributed by atoms with E-state index in [1.54, 1.807) is 72.8 Å². The highest BCUT2D eigenvalue weighted by Crippen LogP contribution is 2.09. The van der Waals surface area contributed by atoms with Gasteiger partial charge in [0, 0.05) is 11.1 Å². The van der Waals surface area contributed by atoms with Crippen LogP contribution in [0.25, 0.3) is 0 Å². The lowest BCUT2D eigenvalue weighted by atomic mass is 10.2. The lowest BCUT2D eigenvalue weighted by Crippen LogP contribution is -2.44. The van der Waals surface area contributed by atoms with Crippen molar-refractivity contribution in [2.24, 2.45) is 10.1 Å². The minimum absolute atomic E-state index is 0.0183. The number of rotatable bonds is 5. The van der Waals surface area contributed by atoms with Crippen LogP contribution in [0, 0.1) is 0 Å². The van der Waals surface area contributed by atoms with Gasteiger partial charge in [-0.3, -0.25) is 20.2 Å². The Morgan fingerprint density at radius 3 is 1.61 bits per heavy atom. The minimum Gasteiger partial charge on any atom is -0.292 e. The maximum Gasteiger partial charge on any atom is 0.257 e. The Morgan fingerprint density at radius 1 is 0.742 bits per heavy atom. The molecule has 9 heteroatoms. The summed E-state index contributed by atoms with van der Waals surface area (Å²) in [5, 5.41) is 10.3. The summed E-state index contributed by atoms with van der Waals surface area (Å²) in [4.78, 5) is 29.3. The zero-order chi connectivity index (χ0) is 22.3. The fraction of sp³-hybridized carbons (Fsp3) is 0.0455. The van der Waals surface area contributed by atoms with E-state index < -0.39 is 21.8 Å². The number of nitrogens with two attached hydrogens (primary N) is 1. The zero-order valence-electron chi connectivity index (χ0n) is 16.4. The molecule has 0 radical (unpaired) electrons. The zero-order valence-corrected chi connectivity index (χ0v) is 17.2. The molecular formula is C22H20N4O4S. The summed E-state index contributed by atoms with van der Waals surface area (Å²) in [5.74, 6) is -0.896. The Morgan fingerprint density at radius 2 is 1.19 bits per heavy atom. The van der Waals surface area contributed by atoms with Crippen molar-refractivity contribution < 1.29 is 18.0 Å². The summed E-state index contributed by atoms with van der Waals surface area (Å²) in [6, 6.07) is 22.9. The first kappa shape index (κ1) is 21.9. The minimum atomic E-state index is -3.79. The molecule has 0 saturated carbocycles. The third kappa shape index (κ3) is 6.33. The highest BCUT2D eigenvalue weighted by molar-refractivity contribution is 7.89. The molecule has 8 nitrogen and oxygen atoms in total. The summed E-state index contributed by atoms with van der Waals surface area (Å²) in [6.45, 7) is 0.0877. The normalized spacial score (nSPS) is 10.7. The Bertz CT molecular complexity index is 1140. The summed E-state index contributed by atoms with van der Waals surface area (Å²) in [7, 11) is -3.79. The van der Waals surface area contributed by atoms with Gasteiger partial charge in [-0.1, -0.05) is 48.5 Å². The molecule has 0 aliphatic carbocycles. The Kier molecular flexibility index (Phi) is 6.91. The van der Waals surface area contributed by atoms with Crippen LogP contribution in [-0.2, 0) is 16.6 Å². The summed E-state index contributed by atoms with van der Waals surface area (Å²) >= 11 is 0. The van der Waals surface area contributed by atoms with E-state index >= 15 is 0 Å². The van der Waals surface area contributed by atoms with Gasteiger partial charge in [0.1, 0.15) is 0 Å². The van der Waals surface area contributed by atoms with Crippen LogP contribution >= 0.6 is 0 Å². The second kappa shape index (κ2) is 9.79. The van der Waals surface area contributed by atoms with Crippen molar-refractivity contribution in [2.45, 2.75) is 11.4 Å². The number of sulfonamides is 1. The molecule has 0 bridgehead atoms. The number of aliphatic imine (C=N–C) groups is 1. The van der Waals surface area contributed by atoms with Crippen molar-refractivity contribution in [3.8, 4) is 0 Å². The molecule has 0 fully saturated rings. The van der Waals surface area contributed by atoms with Crippen molar-refractivity contribution in [3.63, 3.8) is 0 Å². The first-order chi connectivity index (χ1) is 14.8. The summed E-state index contributed by atoms with van der Waals surface area (Å²) in [6.07, 6.45) is 0. The van der Waals surface area contributed by atoms with Gasteiger partial charge in [-0.05, 0) is 42.0 Å². The molecule has 2 amide bonds. The molecule has 3 rings (SSSR count). The Labute approximate surface area is 179 Å². The first-order valence-electron chi connectivity index (χ1n) is 9.22. The maximum absolute atomic E-state index is 12.5. The quantitative estimate of drug-likeness (QED) is 0.417. The Balaban J connectivity index is 1.80. The van der Waals surface area contributed by atoms with Gasteiger partial charge < -0.3 is 0 Å². The standard InChI is InChI=1S/C22H20N4O4S/c23-31(29,30)19-13-11-16(12-14-19)15-24-22(25-20(27)17-7-3-1-4-8-17)26-21(28)18-9-5-2-6-10-18/h1-14H,15H2,(H2,23,29,30)(H2,24,25,26,27,28). The molecule has 0 spiro atoms. The van der Waals surface area contributed by atoms with Crippen molar-refractivity contribution in [1.82, 2.24) is 10.6 Å². The predicted octanol–water partition coefficient (Wildman–Crippen LogP) is 2.05. The van der Waals surface area contributed by atoms with Gasteiger partial charge >= 0.3 is 0 Å². The number of nitrogens with one attached hydrogen (secondary N) is 2. The van der Waals surface area contributed by atoms with Crippen LogP contribution < -0.4 is 15.8 Å². The van der Waals surface area contributed by atoms with E-state index in [1.165, 1.54) is 12.1 Å². The van der Waals surface area contributed by atoms with E-state index in [9.17, 15) is 18.0 Å². The molecule has 0 heterocycles. The van der Waals surface area contributed by atoms with E-state index in [4.69, 9.17) is 5.14 Å². The van der Waals surface area contributed by atoms with Crippen LogP contribution in [0.1, 0.15) is 26.3 Å². The number of hydrogen-bond acceptors (Lipinski definition) is 5. The molecule has 0 aliphatic heterocycles. The summed E-state index contributed by atoms with van der Waals surface area (Å²) < 4.78 is 22.8. The lowest BCUT2D eigenvalue weighted by molar-refractivity contribution is 0.0966. The van der Waals surface area contributed by atoms with Gasteiger partial charge in [0.25, 0.3) is 11.8 Å². The average molecular weight is 436 g/mol. The van der Waals surface area contributed by atoms with Gasteiger partial charge in [-0.15, -0.1) is 0 Å². The molecule has 0 unspecified atom stereocenters. The van der Waals surface area contributed by atoms with Crippen LogP contribution in [0.2, 0.25) is 0 Å². The second-order valence-corrected chi connectivity index (χ2v) is 8.06. The number of benzene rings is 3. The number of primary sulfonamides is 1. The molecule has 0 saturated heterocycles. The molecular weight excluding hydrogens is 416 g/mol. The van der Waals surface area contributed by atoms with Crippen LogP contribution in [-0.4, -0.2) is 26.2 Å². The van der Waals surface area contributed by atoms with Gasteiger partial charge in [0.15, 0.2) is 0 Å². The molecule has 0 atom stereocenters. The first-order valence-corrected chi connectivity index (χ1v) is 10.8. The highest BCUT2D eigenvalue weighted by atomic mass is 32.2. The van der Waals surface area contributed by atoms with E-state index in [0.717, 1.165) is 0 Å². The Hall–Kier alpha value is -3.82. The third-order valence-corrected chi connectivity index (χ3v) is 5.14. The number of carbonyl (C=O) groups excluding carboxylic acids is 2. The molecule has 0 aliphatic rings. The van der Waals surface area contributed by atoms with E-state index in [1.807, 2.05) is 0 Å². The van der Waals surface area contributed by atoms with E-state index in [2.05, 4.69) is 15.6 Å². The number of guanidine groups is 1.